The Morgan fingerprint density at radius 3 is 2.48 bits per heavy atom. The minimum atomic E-state index is -3.91. The molecular weight excluding hydrogens is 416 g/mol. The van der Waals surface area contributed by atoms with E-state index in [0.717, 1.165) is 32.0 Å². The Hall–Kier alpha value is -1.97. The zero-order valence-electron chi connectivity index (χ0n) is 18.3. The Kier molecular flexibility index (Phi) is 6.37. The molecule has 4 rings (SSSR count). The molecule has 2 heterocycles. The van der Waals surface area contributed by atoms with Gasteiger partial charge in [0, 0.05) is 51.4 Å². The molecule has 1 aromatic carbocycles. The highest BCUT2D eigenvalue weighted by molar-refractivity contribution is 7.89. The maximum Gasteiger partial charge on any atom is 0.241 e. The van der Waals surface area contributed by atoms with E-state index in [9.17, 15) is 18.0 Å². The summed E-state index contributed by atoms with van der Waals surface area (Å²) in [7, 11) is -3.91. The van der Waals surface area contributed by atoms with Gasteiger partial charge >= 0.3 is 0 Å². The summed E-state index contributed by atoms with van der Waals surface area (Å²) in [6.45, 7) is 7.95. The molecule has 0 radical (unpaired) electrons. The molecule has 2 aliphatic heterocycles. The molecule has 0 unspecified atom stereocenters. The lowest BCUT2D eigenvalue weighted by molar-refractivity contribution is -0.134. The zero-order chi connectivity index (χ0) is 22.2. The molecular formula is C22H32N4O4S. The van der Waals surface area contributed by atoms with Crippen molar-refractivity contribution in [2.45, 2.75) is 50.5 Å². The van der Waals surface area contributed by atoms with Gasteiger partial charge in [-0.05, 0) is 56.7 Å². The van der Waals surface area contributed by atoms with Crippen molar-refractivity contribution in [3.05, 3.63) is 23.8 Å². The van der Waals surface area contributed by atoms with Gasteiger partial charge in [0.2, 0.25) is 21.8 Å². The maximum atomic E-state index is 13.1. The SMILES string of the molecule is Cc1c(N2CCCC2=O)cccc1S(=O)(=O)N[C@@H](C)C(=O)N1CCN(CC2CC2)CC1. The number of anilines is 1. The second kappa shape index (κ2) is 8.88. The first-order chi connectivity index (χ1) is 14.8. The monoisotopic (exact) mass is 448 g/mol. The standard InChI is InChI=1S/C22H32N4O4S/c1-16-19(26-10-4-7-21(26)27)5-3-6-20(16)31(29,30)23-17(2)22(28)25-13-11-24(12-14-25)15-18-8-9-18/h3,5-6,17-18,23H,4,7-15H2,1-2H3/t17-/m0/s1. The van der Waals surface area contributed by atoms with Gasteiger partial charge in [-0.15, -0.1) is 0 Å². The highest BCUT2D eigenvalue weighted by Gasteiger charge is 2.32. The molecule has 1 atom stereocenters. The molecule has 31 heavy (non-hydrogen) atoms. The van der Waals surface area contributed by atoms with E-state index in [4.69, 9.17) is 0 Å². The van der Waals surface area contributed by atoms with E-state index in [1.165, 1.54) is 18.9 Å². The van der Waals surface area contributed by atoms with Crippen molar-refractivity contribution in [2.24, 2.45) is 5.92 Å². The molecule has 2 amide bonds. The maximum absolute atomic E-state index is 13.1. The van der Waals surface area contributed by atoms with Gasteiger partial charge in [-0.3, -0.25) is 14.5 Å². The summed E-state index contributed by atoms with van der Waals surface area (Å²) in [5, 5.41) is 0. The van der Waals surface area contributed by atoms with E-state index in [0.29, 0.717) is 37.3 Å². The van der Waals surface area contributed by atoms with Gasteiger partial charge in [0.05, 0.1) is 10.9 Å². The average Bonchev–Trinajstić information content (AvgIpc) is 3.45. The lowest BCUT2D eigenvalue weighted by atomic mass is 10.2. The summed E-state index contributed by atoms with van der Waals surface area (Å²) in [4.78, 5) is 30.9. The van der Waals surface area contributed by atoms with Crippen molar-refractivity contribution in [2.75, 3.05) is 44.2 Å². The van der Waals surface area contributed by atoms with Crippen molar-refractivity contribution in [1.82, 2.24) is 14.5 Å². The summed E-state index contributed by atoms with van der Waals surface area (Å²) in [6, 6.07) is 4.09. The number of hydrogen-bond donors (Lipinski definition) is 1. The van der Waals surface area contributed by atoms with Crippen LogP contribution in [0.15, 0.2) is 23.1 Å². The molecule has 0 spiro atoms. The van der Waals surface area contributed by atoms with Crippen LogP contribution >= 0.6 is 0 Å². The first-order valence-electron chi connectivity index (χ1n) is 11.2. The molecule has 1 saturated carbocycles. The van der Waals surface area contributed by atoms with Gasteiger partial charge in [-0.25, -0.2) is 8.42 Å². The Labute approximate surface area is 184 Å². The number of piperazine rings is 1. The van der Waals surface area contributed by atoms with E-state index < -0.39 is 16.1 Å². The van der Waals surface area contributed by atoms with Crippen molar-refractivity contribution < 1.29 is 18.0 Å². The van der Waals surface area contributed by atoms with Crippen LogP contribution in [0.3, 0.4) is 0 Å². The fourth-order valence-corrected chi connectivity index (χ4v) is 5.98. The summed E-state index contributed by atoms with van der Waals surface area (Å²) in [5.41, 5.74) is 1.15. The third-order valence-corrected chi connectivity index (χ3v) is 8.19. The number of hydrogen-bond acceptors (Lipinski definition) is 5. The highest BCUT2D eigenvalue weighted by atomic mass is 32.2. The number of amides is 2. The fourth-order valence-electron chi connectivity index (χ4n) is 4.53. The summed E-state index contributed by atoms with van der Waals surface area (Å²) >= 11 is 0. The molecule has 2 saturated heterocycles. The van der Waals surface area contributed by atoms with Crippen LogP contribution in [0, 0.1) is 12.8 Å². The highest BCUT2D eigenvalue weighted by Crippen LogP contribution is 2.30. The van der Waals surface area contributed by atoms with Crippen LogP contribution in [0.4, 0.5) is 5.69 Å². The predicted octanol–water partition coefficient (Wildman–Crippen LogP) is 1.34. The number of sulfonamides is 1. The molecule has 1 N–H and O–H groups in total. The molecule has 3 fully saturated rings. The lowest BCUT2D eigenvalue weighted by Crippen LogP contribution is -2.54. The van der Waals surface area contributed by atoms with Crippen LogP contribution in [-0.4, -0.2) is 75.3 Å². The Morgan fingerprint density at radius 1 is 1.16 bits per heavy atom. The van der Waals surface area contributed by atoms with E-state index in [2.05, 4.69) is 9.62 Å². The smallest absolute Gasteiger partial charge is 0.241 e. The number of carbonyl (C=O) groups is 2. The second-order valence-corrected chi connectivity index (χ2v) is 10.6. The Morgan fingerprint density at radius 2 is 1.87 bits per heavy atom. The van der Waals surface area contributed by atoms with E-state index in [-0.39, 0.29) is 16.7 Å². The van der Waals surface area contributed by atoms with Gasteiger partial charge in [-0.1, -0.05) is 6.07 Å². The van der Waals surface area contributed by atoms with Gasteiger partial charge in [0.15, 0.2) is 0 Å². The summed E-state index contributed by atoms with van der Waals surface area (Å²) in [5.74, 6) is 0.635. The van der Waals surface area contributed by atoms with Gasteiger partial charge in [0.1, 0.15) is 0 Å². The minimum Gasteiger partial charge on any atom is -0.339 e. The number of nitrogens with one attached hydrogen (secondary N) is 1. The lowest BCUT2D eigenvalue weighted by Gasteiger charge is -2.36. The van der Waals surface area contributed by atoms with Crippen LogP contribution in [0.2, 0.25) is 0 Å². The molecule has 1 aliphatic carbocycles. The summed E-state index contributed by atoms with van der Waals surface area (Å²) in [6.07, 6.45) is 3.87. The molecule has 0 bridgehead atoms. The van der Waals surface area contributed by atoms with E-state index in [1.807, 2.05) is 0 Å². The first kappa shape index (κ1) is 22.2. The van der Waals surface area contributed by atoms with Crippen molar-refractivity contribution in [3.63, 3.8) is 0 Å². The topological polar surface area (TPSA) is 90.0 Å². The van der Waals surface area contributed by atoms with Crippen molar-refractivity contribution in [1.29, 1.82) is 0 Å². The number of nitrogens with zero attached hydrogens (tertiary/aromatic N) is 3. The largest absolute Gasteiger partial charge is 0.339 e. The van der Waals surface area contributed by atoms with E-state index >= 15 is 0 Å². The van der Waals surface area contributed by atoms with Gasteiger partial charge in [-0.2, -0.15) is 4.72 Å². The quantitative estimate of drug-likeness (QED) is 0.680. The normalized spacial score (nSPS) is 21.5. The first-order valence-corrected chi connectivity index (χ1v) is 12.7. The molecule has 170 valence electrons. The molecule has 3 aliphatic rings. The number of benzene rings is 1. The zero-order valence-corrected chi connectivity index (χ0v) is 19.2. The van der Waals surface area contributed by atoms with Crippen LogP contribution in [0.25, 0.3) is 0 Å². The molecule has 8 nitrogen and oxygen atoms in total. The molecule has 0 aromatic heterocycles. The van der Waals surface area contributed by atoms with Crippen LogP contribution in [0.1, 0.15) is 38.2 Å². The molecule has 9 heteroatoms. The Bertz CT molecular complexity index is 952. The molecule has 1 aromatic rings. The third kappa shape index (κ3) is 4.94. The van der Waals surface area contributed by atoms with Crippen LogP contribution in [-0.2, 0) is 19.6 Å². The third-order valence-electron chi connectivity index (χ3n) is 6.51. The average molecular weight is 449 g/mol. The number of carbonyl (C=O) groups excluding carboxylic acids is 2. The van der Waals surface area contributed by atoms with Crippen molar-refractivity contribution >= 4 is 27.5 Å². The van der Waals surface area contributed by atoms with Crippen molar-refractivity contribution in [3.8, 4) is 0 Å². The van der Waals surface area contributed by atoms with E-state index in [1.54, 1.807) is 35.8 Å². The fraction of sp³-hybridized carbons (Fsp3) is 0.636. The van der Waals surface area contributed by atoms with Crippen LogP contribution < -0.4 is 9.62 Å². The minimum absolute atomic E-state index is 0.00924. The van der Waals surface area contributed by atoms with Gasteiger partial charge in [0.25, 0.3) is 0 Å². The number of rotatable bonds is 7. The summed E-state index contributed by atoms with van der Waals surface area (Å²) < 4.78 is 28.7. The van der Waals surface area contributed by atoms with Crippen LogP contribution in [0.5, 0.6) is 0 Å². The Balaban J connectivity index is 1.41. The predicted molar refractivity (Wildman–Crippen MR) is 118 cm³/mol. The second-order valence-electron chi connectivity index (χ2n) is 8.96. The van der Waals surface area contributed by atoms with Gasteiger partial charge < -0.3 is 9.80 Å².